The molecule has 18 heavy (non-hydrogen) atoms. The van der Waals surface area contributed by atoms with E-state index in [-0.39, 0.29) is 0 Å². The van der Waals surface area contributed by atoms with Crippen LogP contribution in [0.2, 0.25) is 10.0 Å². The Kier molecular flexibility index (Phi) is 4.71. The molecule has 1 heterocycles. The molecule has 1 atom stereocenters. The van der Waals surface area contributed by atoms with E-state index in [0.29, 0.717) is 16.0 Å². The number of nitrogens with one attached hydrogen (secondary N) is 1. The number of benzene rings is 1. The minimum Gasteiger partial charge on any atom is -0.349 e. The number of halogens is 2. The van der Waals surface area contributed by atoms with Crippen LogP contribution in [0.3, 0.4) is 0 Å². The Bertz CT molecular complexity index is 430. The van der Waals surface area contributed by atoms with Crippen molar-refractivity contribution < 1.29 is 0 Å². The van der Waals surface area contributed by atoms with E-state index in [2.05, 4.69) is 17.1 Å². The average Bonchev–Trinajstić information content (AvgIpc) is 2.27. The second kappa shape index (κ2) is 6.09. The molecule has 1 aromatic carbocycles. The Labute approximate surface area is 123 Å². The summed E-state index contributed by atoms with van der Waals surface area (Å²) in [6.45, 7) is 4.29. The third-order valence-electron chi connectivity index (χ3n) is 3.06. The first-order valence-corrected chi connectivity index (χ1v) is 7.23. The Balaban J connectivity index is 2.02. The number of rotatable bonds is 1. The van der Waals surface area contributed by atoms with Gasteiger partial charge >= 0.3 is 0 Å². The van der Waals surface area contributed by atoms with Gasteiger partial charge in [0.25, 0.3) is 0 Å². The molecule has 1 aliphatic rings. The summed E-state index contributed by atoms with van der Waals surface area (Å²) in [5.74, 6) is 0.696. The molecule has 1 saturated heterocycles. The van der Waals surface area contributed by atoms with Crippen molar-refractivity contribution in [2.75, 3.05) is 18.4 Å². The molecule has 0 radical (unpaired) electrons. The summed E-state index contributed by atoms with van der Waals surface area (Å²) in [6, 6.07) is 5.36. The average molecular weight is 303 g/mol. The largest absolute Gasteiger partial charge is 0.349 e. The van der Waals surface area contributed by atoms with E-state index in [1.807, 2.05) is 12.1 Å². The van der Waals surface area contributed by atoms with Gasteiger partial charge in [0.1, 0.15) is 0 Å². The third kappa shape index (κ3) is 3.74. The summed E-state index contributed by atoms with van der Waals surface area (Å²) in [4.78, 5) is 2.21. The van der Waals surface area contributed by atoms with Crippen molar-refractivity contribution in [1.29, 1.82) is 0 Å². The monoisotopic (exact) mass is 302 g/mol. The molecule has 1 N–H and O–H groups in total. The van der Waals surface area contributed by atoms with Gasteiger partial charge in [0, 0.05) is 28.8 Å². The van der Waals surface area contributed by atoms with Crippen LogP contribution in [0, 0.1) is 5.92 Å². The Morgan fingerprint density at radius 1 is 1.33 bits per heavy atom. The maximum absolute atomic E-state index is 5.96. The summed E-state index contributed by atoms with van der Waals surface area (Å²) in [5.41, 5.74) is 0.843. The molecular weight excluding hydrogens is 287 g/mol. The zero-order valence-corrected chi connectivity index (χ0v) is 12.6. The highest BCUT2D eigenvalue weighted by Crippen LogP contribution is 2.23. The Morgan fingerprint density at radius 2 is 2.00 bits per heavy atom. The number of hydrogen-bond donors (Lipinski definition) is 1. The number of thiocarbonyl (C=S) groups is 1. The van der Waals surface area contributed by atoms with Crippen LogP contribution in [-0.2, 0) is 0 Å². The van der Waals surface area contributed by atoms with Crippen LogP contribution in [0.15, 0.2) is 18.2 Å². The van der Waals surface area contributed by atoms with E-state index in [9.17, 15) is 0 Å². The molecule has 0 saturated carbocycles. The zero-order valence-electron chi connectivity index (χ0n) is 10.2. The molecule has 1 aromatic rings. The molecule has 0 spiro atoms. The third-order valence-corrected chi connectivity index (χ3v) is 3.85. The molecule has 1 aliphatic heterocycles. The van der Waals surface area contributed by atoms with Crippen molar-refractivity contribution in [3.05, 3.63) is 28.2 Å². The molecular formula is C13H16Cl2N2S. The number of anilines is 1. The molecule has 0 aliphatic carbocycles. The van der Waals surface area contributed by atoms with Crippen molar-refractivity contribution in [1.82, 2.24) is 4.90 Å². The van der Waals surface area contributed by atoms with Crippen molar-refractivity contribution >= 4 is 46.2 Å². The number of piperidine rings is 1. The van der Waals surface area contributed by atoms with Crippen LogP contribution < -0.4 is 5.32 Å². The van der Waals surface area contributed by atoms with Gasteiger partial charge in [0.15, 0.2) is 5.11 Å². The Hall–Kier alpha value is -0.510. The lowest BCUT2D eigenvalue weighted by Gasteiger charge is -2.33. The van der Waals surface area contributed by atoms with Gasteiger partial charge in [-0.15, -0.1) is 0 Å². The van der Waals surface area contributed by atoms with Crippen molar-refractivity contribution in [3.8, 4) is 0 Å². The van der Waals surface area contributed by atoms with Gasteiger partial charge in [0.2, 0.25) is 0 Å². The number of likely N-dealkylation sites (tertiary alicyclic amines) is 1. The van der Waals surface area contributed by atoms with Crippen molar-refractivity contribution in [2.24, 2.45) is 5.92 Å². The lowest BCUT2D eigenvalue weighted by atomic mass is 10.0. The molecule has 1 fully saturated rings. The summed E-state index contributed by atoms with van der Waals surface area (Å²) < 4.78 is 0. The number of nitrogens with zero attached hydrogens (tertiary/aromatic N) is 1. The molecule has 2 rings (SSSR count). The number of hydrogen-bond acceptors (Lipinski definition) is 1. The maximum Gasteiger partial charge on any atom is 0.173 e. The van der Waals surface area contributed by atoms with E-state index in [1.54, 1.807) is 6.07 Å². The van der Waals surface area contributed by atoms with Gasteiger partial charge in [-0.1, -0.05) is 30.1 Å². The fourth-order valence-corrected chi connectivity index (χ4v) is 3.01. The highest BCUT2D eigenvalue weighted by molar-refractivity contribution is 7.80. The molecule has 0 bridgehead atoms. The van der Waals surface area contributed by atoms with Crippen molar-refractivity contribution in [3.63, 3.8) is 0 Å². The molecule has 98 valence electrons. The second-order valence-electron chi connectivity index (χ2n) is 4.78. The molecule has 5 heteroatoms. The summed E-state index contributed by atoms with van der Waals surface area (Å²) in [5, 5.41) is 5.17. The van der Waals surface area contributed by atoms with Gasteiger partial charge in [-0.3, -0.25) is 0 Å². The predicted molar refractivity (Wildman–Crippen MR) is 82.7 cm³/mol. The summed E-state index contributed by atoms with van der Waals surface area (Å²) in [6.07, 6.45) is 2.47. The minimum absolute atomic E-state index is 0.611. The second-order valence-corrected chi connectivity index (χ2v) is 6.04. The fraction of sp³-hybridized carbons (Fsp3) is 0.462. The molecule has 2 nitrogen and oxygen atoms in total. The van der Waals surface area contributed by atoms with Gasteiger partial charge in [0.05, 0.1) is 0 Å². The quantitative estimate of drug-likeness (QED) is 0.773. The first-order valence-electron chi connectivity index (χ1n) is 6.06. The van der Waals surface area contributed by atoms with Crippen LogP contribution >= 0.6 is 35.4 Å². The van der Waals surface area contributed by atoms with E-state index < -0.39 is 0 Å². The van der Waals surface area contributed by atoms with Crippen molar-refractivity contribution in [2.45, 2.75) is 19.8 Å². The van der Waals surface area contributed by atoms with E-state index >= 15 is 0 Å². The lowest BCUT2D eigenvalue weighted by molar-refractivity contribution is 0.276. The first-order chi connectivity index (χ1) is 8.54. The summed E-state index contributed by atoms with van der Waals surface area (Å²) >= 11 is 17.3. The lowest BCUT2D eigenvalue weighted by Crippen LogP contribution is -2.41. The van der Waals surface area contributed by atoms with E-state index in [1.165, 1.54) is 12.8 Å². The highest BCUT2D eigenvalue weighted by Gasteiger charge is 2.18. The molecule has 0 aromatic heterocycles. The van der Waals surface area contributed by atoms with Gasteiger partial charge in [-0.05, 0) is 49.2 Å². The normalized spacial score (nSPS) is 19.7. The highest BCUT2D eigenvalue weighted by atomic mass is 35.5. The minimum atomic E-state index is 0.611. The van der Waals surface area contributed by atoms with E-state index in [4.69, 9.17) is 35.4 Å². The molecule has 0 amide bonds. The SMILES string of the molecule is C[C@H]1CCCN(C(=S)Nc2cc(Cl)cc(Cl)c2)C1. The molecule has 0 unspecified atom stereocenters. The predicted octanol–water partition coefficient (Wildman–Crippen LogP) is 4.42. The maximum atomic E-state index is 5.96. The van der Waals surface area contributed by atoms with Gasteiger partial charge < -0.3 is 10.2 Å². The van der Waals surface area contributed by atoms with Crippen LogP contribution in [-0.4, -0.2) is 23.1 Å². The van der Waals surface area contributed by atoms with Gasteiger partial charge in [-0.2, -0.15) is 0 Å². The first kappa shape index (κ1) is 13.9. The van der Waals surface area contributed by atoms with Crippen LogP contribution in [0.4, 0.5) is 5.69 Å². The Morgan fingerprint density at radius 3 is 2.61 bits per heavy atom. The van der Waals surface area contributed by atoms with Crippen LogP contribution in [0.25, 0.3) is 0 Å². The van der Waals surface area contributed by atoms with Crippen LogP contribution in [0.5, 0.6) is 0 Å². The fourth-order valence-electron chi connectivity index (χ4n) is 2.20. The smallest absolute Gasteiger partial charge is 0.173 e. The van der Waals surface area contributed by atoms with Gasteiger partial charge in [-0.25, -0.2) is 0 Å². The zero-order chi connectivity index (χ0) is 13.1. The summed E-state index contributed by atoms with van der Waals surface area (Å²) in [7, 11) is 0. The standard InChI is InChI=1S/C13H16Cl2N2S/c1-9-3-2-4-17(8-9)13(18)16-12-6-10(14)5-11(15)7-12/h5-7,9H,2-4,8H2,1H3,(H,16,18)/t9-/m0/s1. The van der Waals surface area contributed by atoms with E-state index in [0.717, 1.165) is 23.9 Å². The topological polar surface area (TPSA) is 15.3 Å². The van der Waals surface area contributed by atoms with Crippen LogP contribution in [0.1, 0.15) is 19.8 Å².